The number of piperazine rings is 1. The van der Waals surface area contributed by atoms with E-state index in [9.17, 15) is 9.90 Å². The zero-order valence-corrected chi connectivity index (χ0v) is 13.3. The van der Waals surface area contributed by atoms with Crippen molar-refractivity contribution >= 4 is 17.3 Å². The summed E-state index contributed by atoms with van der Waals surface area (Å²) in [5.41, 5.74) is 2.57. The van der Waals surface area contributed by atoms with Crippen LogP contribution in [0, 0.1) is 6.92 Å². The average molecular weight is 317 g/mol. The van der Waals surface area contributed by atoms with E-state index >= 15 is 0 Å². The Kier molecular flexibility index (Phi) is 4.52. The lowest BCUT2D eigenvalue weighted by atomic mass is 10.1. The molecule has 0 amide bonds. The summed E-state index contributed by atoms with van der Waals surface area (Å²) < 4.78 is 0. The Morgan fingerprint density at radius 2 is 2.18 bits per heavy atom. The van der Waals surface area contributed by atoms with Gasteiger partial charge in [0.1, 0.15) is 9.88 Å². The molecule has 0 radical (unpaired) electrons. The van der Waals surface area contributed by atoms with Crippen LogP contribution in [0.2, 0.25) is 0 Å². The SMILES string of the molecule is Cc1cccc(-c2nc(CN3CCNCC3)sc2C(=O)O)c1. The molecule has 1 aromatic heterocycles. The molecule has 0 aliphatic carbocycles. The minimum Gasteiger partial charge on any atom is -0.477 e. The van der Waals surface area contributed by atoms with Crippen molar-refractivity contribution in [2.24, 2.45) is 0 Å². The summed E-state index contributed by atoms with van der Waals surface area (Å²) in [4.78, 5) is 18.8. The van der Waals surface area contributed by atoms with Crippen molar-refractivity contribution in [3.8, 4) is 11.3 Å². The van der Waals surface area contributed by atoms with Gasteiger partial charge < -0.3 is 10.4 Å². The number of carbonyl (C=O) groups is 1. The fraction of sp³-hybridized carbons (Fsp3) is 0.375. The predicted molar refractivity (Wildman–Crippen MR) is 87.4 cm³/mol. The minimum atomic E-state index is -0.902. The number of aromatic carboxylic acids is 1. The van der Waals surface area contributed by atoms with E-state index < -0.39 is 5.97 Å². The van der Waals surface area contributed by atoms with Crippen LogP contribution in [0.4, 0.5) is 0 Å². The van der Waals surface area contributed by atoms with Crippen LogP contribution in [0.15, 0.2) is 24.3 Å². The second kappa shape index (κ2) is 6.56. The Hall–Kier alpha value is -1.76. The minimum absolute atomic E-state index is 0.329. The first-order valence-electron chi connectivity index (χ1n) is 7.36. The number of rotatable bonds is 4. The molecule has 1 aliphatic heterocycles. The second-order valence-corrected chi connectivity index (χ2v) is 6.57. The van der Waals surface area contributed by atoms with E-state index in [1.807, 2.05) is 31.2 Å². The standard InChI is InChI=1S/C16H19N3O2S/c1-11-3-2-4-12(9-11)14-15(16(20)21)22-13(18-14)10-19-7-5-17-6-8-19/h2-4,9,17H,5-8,10H2,1H3,(H,20,21). The first kappa shape index (κ1) is 15.1. The van der Waals surface area contributed by atoms with E-state index in [-0.39, 0.29) is 0 Å². The number of aryl methyl sites for hydroxylation is 1. The lowest BCUT2D eigenvalue weighted by molar-refractivity contribution is 0.0702. The maximum atomic E-state index is 11.5. The van der Waals surface area contributed by atoms with Crippen LogP contribution in [-0.2, 0) is 6.54 Å². The average Bonchev–Trinajstić information content (AvgIpc) is 2.92. The fourth-order valence-corrected chi connectivity index (χ4v) is 3.59. The normalized spacial score (nSPS) is 15.9. The third-order valence-electron chi connectivity index (χ3n) is 3.73. The first-order chi connectivity index (χ1) is 10.6. The third-order valence-corrected chi connectivity index (χ3v) is 4.75. The van der Waals surface area contributed by atoms with Gasteiger partial charge in [-0.3, -0.25) is 4.90 Å². The number of nitrogens with zero attached hydrogens (tertiary/aromatic N) is 2. The van der Waals surface area contributed by atoms with E-state index in [4.69, 9.17) is 0 Å². The molecule has 0 spiro atoms. The van der Waals surface area contributed by atoms with Gasteiger partial charge in [0.15, 0.2) is 0 Å². The van der Waals surface area contributed by atoms with Crippen LogP contribution in [0.3, 0.4) is 0 Å². The molecule has 1 fully saturated rings. The summed E-state index contributed by atoms with van der Waals surface area (Å²) in [5, 5.41) is 13.6. The molecule has 22 heavy (non-hydrogen) atoms. The summed E-state index contributed by atoms with van der Waals surface area (Å²) in [7, 11) is 0. The Morgan fingerprint density at radius 3 is 2.86 bits per heavy atom. The summed E-state index contributed by atoms with van der Waals surface area (Å²) in [5.74, 6) is -0.902. The molecule has 0 unspecified atom stereocenters. The molecule has 0 saturated carbocycles. The summed E-state index contributed by atoms with van der Waals surface area (Å²) >= 11 is 1.29. The number of hydrogen-bond acceptors (Lipinski definition) is 5. The van der Waals surface area contributed by atoms with E-state index in [1.165, 1.54) is 11.3 Å². The maximum absolute atomic E-state index is 11.5. The van der Waals surface area contributed by atoms with Crippen LogP contribution in [0.1, 0.15) is 20.2 Å². The van der Waals surface area contributed by atoms with Crippen molar-refractivity contribution in [1.29, 1.82) is 0 Å². The van der Waals surface area contributed by atoms with Gasteiger partial charge in [-0.25, -0.2) is 9.78 Å². The van der Waals surface area contributed by atoms with Gasteiger partial charge in [-0.15, -0.1) is 11.3 Å². The molecule has 5 nitrogen and oxygen atoms in total. The molecule has 1 saturated heterocycles. The highest BCUT2D eigenvalue weighted by molar-refractivity contribution is 7.14. The Labute approximate surface area is 133 Å². The second-order valence-electron chi connectivity index (χ2n) is 5.49. The first-order valence-corrected chi connectivity index (χ1v) is 8.18. The van der Waals surface area contributed by atoms with Crippen LogP contribution >= 0.6 is 11.3 Å². The van der Waals surface area contributed by atoms with Gasteiger partial charge in [0.2, 0.25) is 0 Å². The number of hydrogen-bond donors (Lipinski definition) is 2. The van der Waals surface area contributed by atoms with Gasteiger partial charge in [0.25, 0.3) is 0 Å². The quantitative estimate of drug-likeness (QED) is 0.905. The Balaban J connectivity index is 1.90. The van der Waals surface area contributed by atoms with Crippen LogP contribution in [0.5, 0.6) is 0 Å². The summed E-state index contributed by atoms with van der Waals surface area (Å²) in [6.07, 6.45) is 0. The molecule has 2 heterocycles. The molecule has 6 heteroatoms. The molecule has 0 atom stereocenters. The largest absolute Gasteiger partial charge is 0.477 e. The predicted octanol–water partition coefficient (Wildman–Crippen LogP) is 2.22. The van der Waals surface area contributed by atoms with Crippen LogP contribution in [0.25, 0.3) is 11.3 Å². The fourth-order valence-electron chi connectivity index (χ4n) is 2.63. The van der Waals surface area contributed by atoms with Crippen molar-refractivity contribution in [1.82, 2.24) is 15.2 Å². The number of carboxylic acids is 1. The molecule has 3 rings (SSSR count). The third kappa shape index (κ3) is 3.35. The monoisotopic (exact) mass is 317 g/mol. The smallest absolute Gasteiger partial charge is 0.348 e. The molecule has 1 aromatic carbocycles. The van der Waals surface area contributed by atoms with Gasteiger partial charge in [-0.2, -0.15) is 0 Å². The van der Waals surface area contributed by atoms with Crippen molar-refractivity contribution in [3.63, 3.8) is 0 Å². The molecule has 2 N–H and O–H groups in total. The number of nitrogens with one attached hydrogen (secondary N) is 1. The van der Waals surface area contributed by atoms with Crippen LogP contribution < -0.4 is 5.32 Å². The lowest BCUT2D eigenvalue weighted by Gasteiger charge is -2.26. The maximum Gasteiger partial charge on any atom is 0.348 e. The zero-order chi connectivity index (χ0) is 15.5. The van der Waals surface area contributed by atoms with Crippen LogP contribution in [-0.4, -0.2) is 47.1 Å². The molecule has 2 aromatic rings. The van der Waals surface area contributed by atoms with Gasteiger partial charge in [0.05, 0.1) is 12.2 Å². The number of benzene rings is 1. The van der Waals surface area contributed by atoms with Crippen molar-refractivity contribution in [2.75, 3.05) is 26.2 Å². The van der Waals surface area contributed by atoms with Gasteiger partial charge in [-0.05, 0) is 13.0 Å². The van der Waals surface area contributed by atoms with Gasteiger partial charge >= 0.3 is 5.97 Å². The lowest BCUT2D eigenvalue weighted by Crippen LogP contribution is -2.42. The molecular formula is C16H19N3O2S. The number of thiazole rings is 1. The highest BCUT2D eigenvalue weighted by atomic mass is 32.1. The van der Waals surface area contributed by atoms with E-state index in [2.05, 4.69) is 15.2 Å². The molecular weight excluding hydrogens is 298 g/mol. The van der Waals surface area contributed by atoms with Crippen molar-refractivity contribution < 1.29 is 9.90 Å². The highest BCUT2D eigenvalue weighted by Gasteiger charge is 2.20. The van der Waals surface area contributed by atoms with Gasteiger partial charge in [0, 0.05) is 31.7 Å². The topological polar surface area (TPSA) is 65.5 Å². The number of aromatic nitrogens is 1. The summed E-state index contributed by atoms with van der Waals surface area (Å²) in [6.45, 7) is 6.61. The van der Waals surface area contributed by atoms with Gasteiger partial charge in [-0.1, -0.05) is 23.8 Å². The van der Waals surface area contributed by atoms with Crippen molar-refractivity contribution in [3.05, 3.63) is 39.7 Å². The Morgan fingerprint density at radius 1 is 1.41 bits per heavy atom. The zero-order valence-electron chi connectivity index (χ0n) is 12.5. The highest BCUT2D eigenvalue weighted by Crippen LogP contribution is 2.29. The molecule has 1 aliphatic rings. The number of carboxylic acid groups (broad SMARTS) is 1. The van der Waals surface area contributed by atoms with Crippen molar-refractivity contribution in [2.45, 2.75) is 13.5 Å². The molecule has 0 bridgehead atoms. The van der Waals surface area contributed by atoms with E-state index in [0.717, 1.165) is 48.9 Å². The summed E-state index contributed by atoms with van der Waals surface area (Å²) in [6, 6.07) is 7.84. The Bertz CT molecular complexity index is 678. The van der Waals surface area contributed by atoms with E-state index in [0.29, 0.717) is 10.6 Å². The van der Waals surface area contributed by atoms with E-state index in [1.54, 1.807) is 0 Å². The molecule has 116 valence electrons.